The number of nitrogens with one attached hydrogen (secondary N) is 2. The molecule has 1 aromatic carbocycles. The minimum absolute atomic E-state index is 0.348. The van der Waals surface area contributed by atoms with Crippen LogP contribution in [0.5, 0.6) is 0 Å². The Morgan fingerprint density at radius 1 is 1.56 bits per heavy atom. The van der Waals surface area contributed by atoms with Crippen LogP contribution < -0.4 is 11.1 Å². The molecule has 18 heavy (non-hydrogen) atoms. The van der Waals surface area contributed by atoms with Crippen LogP contribution in [-0.4, -0.2) is 21.9 Å². The SMILES string of the molecule is N[C@H](Cc1cnc[nH]1)C(=O)Nc1cccc(F)c1. The van der Waals surface area contributed by atoms with Gasteiger partial charge < -0.3 is 16.0 Å². The molecule has 6 heteroatoms. The third kappa shape index (κ3) is 3.14. The number of anilines is 1. The van der Waals surface area contributed by atoms with Crippen LogP contribution in [0.25, 0.3) is 0 Å². The molecule has 4 N–H and O–H groups in total. The number of aromatic amines is 1. The van der Waals surface area contributed by atoms with Gasteiger partial charge in [0.2, 0.25) is 5.91 Å². The lowest BCUT2D eigenvalue weighted by Gasteiger charge is -2.11. The van der Waals surface area contributed by atoms with Crippen molar-refractivity contribution < 1.29 is 9.18 Å². The minimum Gasteiger partial charge on any atom is -0.348 e. The molecule has 0 saturated carbocycles. The topological polar surface area (TPSA) is 83.8 Å². The van der Waals surface area contributed by atoms with Gasteiger partial charge in [0, 0.05) is 24.0 Å². The van der Waals surface area contributed by atoms with E-state index in [0.717, 1.165) is 5.69 Å². The fourth-order valence-corrected chi connectivity index (χ4v) is 1.53. The predicted octanol–water partition coefficient (Wildman–Crippen LogP) is 1.06. The maximum absolute atomic E-state index is 12.9. The smallest absolute Gasteiger partial charge is 0.241 e. The average Bonchev–Trinajstić information content (AvgIpc) is 2.81. The predicted molar refractivity (Wildman–Crippen MR) is 65.3 cm³/mol. The summed E-state index contributed by atoms with van der Waals surface area (Å²) in [6.07, 6.45) is 3.48. The second-order valence-corrected chi connectivity index (χ2v) is 3.89. The van der Waals surface area contributed by atoms with Crippen LogP contribution in [-0.2, 0) is 11.2 Å². The Bertz CT molecular complexity index is 527. The number of aromatic nitrogens is 2. The van der Waals surface area contributed by atoms with Gasteiger partial charge in [-0.2, -0.15) is 0 Å². The number of carbonyl (C=O) groups is 1. The molecule has 0 radical (unpaired) electrons. The molecule has 0 unspecified atom stereocenters. The van der Waals surface area contributed by atoms with E-state index in [4.69, 9.17) is 5.73 Å². The second kappa shape index (κ2) is 5.42. The Morgan fingerprint density at radius 2 is 2.39 bits per heavy atom. The fraction of sp³-hybridized carbons (Fsp3) is 0.167. The van der Waals surface area contributed by atoms with Gasteiger partial charge in [-0.1, -0.05) is 6.07 Å². The lowest BCUT2D eigenvalue weighted by atomic mass is 10.1. The molecule has 5 nitrogen and oxygen atoms in total. The van der Waals surface area contributed by atoms with Crippen LogP contribution in [0.15, 0.2) is 36.8 Å². The molecule has 2 aromatic rings. The van der Waals surface area contributed by atoms with E-state index >= 15 is 0 Å². The number of nitrogens with zero attached hydrogens (tertiary/aromatic N) is 1. The molecule has 0 bridgehead atoms. The monoisotopic (exact) mass is 248 g/mol. The van der Waals surface area contributed by atoms with E-state index in [9.17, 15) is 9.18 Å². The van der Waals surface area contributed by atoms with Crippen LogP contribution in [0.1, 0.15) is 5.69 Å². The molecule has 0 aliphatic heterocycles. The van der Waals surface area contributed by atoms with E-state index in [1.807, 2.05) is 0 Å². The van der Waals surface area contributed by atoms with Gasteiger partial charge in [0.25, 0.3) is 0 Å². The van der Waals surface area contributed by atoms with E-state index in [2.05, 4.69) is 15.3 Å². The van der Waals surface area contributed by atoms with Gasteiger partial charge in [-0.05, 0) is 18.2 Å². The zero-order chi connectivity index (χ0) is 13.0. The summed E-state index contributed by atoms with van der Waals surface area (Å²) >= 11 is 0. The van der Waals surface area contributed by atoms with Crippen molar-refractivity contribution in [1.29, 1.82) is 0 Å². The molecule has 0 aliphatic carbocycles. The maximum Gasteiger partial charge on any atom is 0.241 e. The quantitative estimate of drug-likeness (QED) is 0.756. The number of imidazole rings is 1. The Kier molecular flexibility index (Phi) is 3.69. The van der Waals surface area contributed by atoms with Crippen LogP contribution >= 0.6 is 0 Å². The summed E-state index contributed by atoms with van der Waals surface area (Å²) in [5.74, 6) is -0.773. The first-order chi connectivity index (χ1) is 8.65. The van der Waals surface area contributed by atoms with Crippen LogP contribution in [0.3, 0.4) is 0 Å². The molecule has 1 amide bonds. The van der Waals surface area contributed by atoms with Crippen molar-refractivity contribution >= 4 is 11.6 Å². The molecular weight excluding hydrogens is 235 g/mol. The maximum atomic E-state index is 12.9. The van der Waals surface area contributed by atoms with Crippen molar-refractivity contribution in [1.82, 2.24) is 9.97 Å². The summed E-state index contributed by atoms with van der Waals surface area (Å²) in [7, 11) is 0. The molecule has 0 saturated heterocycles. The average molecular weight is 248 g/mol. The summed E-state index contributed by atoms with van der Waals surface area (Å²) in [6.45, 7) is 0. The van der Waals surface area contributed by atoms with Crippen molar-refractivity contribution in [3.8, 4) is 0 Å². The zero-order valence-corrected chi connectivity index (χ0v) is 9.56. The first kappa shape index (κ1) is 12.3. The molecule has 0 aliphatic rings. The van der Waals surface area contributed by atoms with Crippen molar-refractivity contribution in [2.45, 2.75) is 12.5 Å². The van der Waals surface area contributed by atoms with Crippen molar-refractivity contribution in [2.24, 2.45) is 5.73 Å². The highest BCUT2D eigenvalue weighted by Gasteiger charge is 2.15. The zero-order valence-electron chi connectivity index (χ0n) is 9.56. The van der Waals surface area contributed by atoms with Gasteiger partial charge in [0.1, 0.15) is 5.82 Å². The number of benzene rings is 1. The molecule has 94 valence electrons. The Balaban J connectivity index is 1.95. The molecule has 1 atom stereocenters. The molecule has 0 fully saturated rings. The van der Waals surface area contributed by atoms with Crippen molar-refractivity contribution in [3.05, 3.63) is 48.3 Å². The Hall–Kier alpha value is -2.21. The minimum atomic E-state index is -0.714. The number of rotatable bonds is 4. The molecule has 1 aromatic heterocycles. The molecular formula is C12H13FN4O. The summed E-state index contributed by atoms with van der Waals surface area (Å²) < 4.78 is 12.9. The standard InChI is InChI=1S/C12H13FN4O/c13-8-2-1-3-9(4-8)17-12(18)11(14)5-10-6-15-7-16-10/h1-4,6-7,11H,5,14H2,(H,15,16)(H,17,18)/t11-/m1/s1. The van der Waals surface area contributed by atoms with Crippen molar-refractivity contribution in [3.63, 3.8) is 0 Å². The number of carbonyl (C=O) groups excluding carboxylic acids is 1. The van der Waals surface area contributed by atoms with Gasteiger partial charge in [-0.3, -0.25) is 4.79 Å². The normalized spacial score (nSPS) is 12.1. The second-order valence-electron chi connectivity index (χ2n) is 3.89. The lowest BCUT2D eigenvalue weighted by molar-refractivity contribution is -0.117. The molecule has 1 heterocycles. The number of amides is 1. The van der Waals surface area contributed by atoms with Crippen molar-refractivity contribution in [2.75, 3.05) is 5.32 Å². The summed E-state index contributed by atoms with van der Waals surface area (Å²) in [4.78, 5) is 18.5. The van der Waals surface area contributed by atoms with E-state index in [0.29, 0.717) is 12.1 Å². The van der Waals surface area contributed by atoms with Gasteiger partial charge >= 0.3 is 0 Å². The summed E-state index contributed by atoms with van der Waals surface area (Å²) in [5.41, 5.74) is 6.90. The van der Waals surface area contributed by atoms with E-state index in [1.165, 1.54) is 24.5 Å². The van der Waals surface area contributed by atoms with E-state index < -0.39 is 11.9 Å². The summed E-state index contributed by atoms with van der Waals surface area (Å²) in [5, 5.41) is 2.56. The molecule has 2 rings (SSSR count). The highest BCUT2D eigenvalue weighted by Crippen LogP contribution is 2.09. The third-order valence-corrected chi connectivity index (χ3v) is 2.42. The third-order valence-electron chi connectivity index (χ3n) is 2.42. The van der Waals surface area contributed by atoms with Crippen LogP contribution in [0.4, 0.5) is 10.1 Å². The number of H-pyrrole nitrogens is 1. The number of nitrogens with two attached hydrogens (primary N) is 1. The first-order valence-electron chi connectivity index (χ1n) is 5.44. The van der Waals surface area contributed by atoms with Gasteiger partial charge in [-0.25, -0.2) is 9.37 Å². The van der Waals surface area contributed by atoms with Gasteiger partial charge in [0.05, 0.1) is 12.4 Å². The Morgan fingerprint density at radius 3 is 3.06 bits per heavy atom. The number of halogens is 1. The highest BCUT2D eigenvalue weighted by atomic mass is 19.1. The largest absolute Gasteiger partial charge is 0.348 e. The fourth-order valence-electron chi connectivity index (χ4n) is 1.53. The lowest BCUT2D eigenvalue weighted by Crippen LogP contribution is -2.37. The van der Waals surface area contributed by atoms with Crippen LogP contribution in [0.2, 0.25) is 0 Å². The van der Waals surface area contributed by atoms with Gasteiger partial charge in [0.15, 0.2) is 0 Å². The Labute approximate surface area is 103 Å². The number of hydrogen-bond donors (Lipinski definition) is 3. The molecule has 0 spiro atoms. The summed E-state index contributed by atoms with van der Waals surface area (Å²) in [6, 6.07) is 4.95. The van der Waals surface area contributed by atoms with E-state index in [1.54, 1.807) is 12.3 Å². The number of hydrogen-bond acceptors (Lipinski definition) is 3. The van der Waals surface area contributed by atoms with E-state index in [-0.39, 0.29) is 5.91 Å². The highest BCUT2D eigenvalue weighted by molar-refractivity contribution is 5.94. The first-order valence-corrected chi connectivity index (χ1v) is 5.44. The van der Waals surface area contributed by atoms with Gasteiger partial charge in [-0.15, -0.1) is 0 Å². The van der Waals surface area contributed by atoms with Crippen LogP contribution in [0, 0.1) is 5.82 Å².